The van der Waals surface area contributed by atoms with Gasteiger partial charge in [0.1, 0.15) is 12.4 Å². The highest BCUT2D eigenvalue weighted by Gasteiger charge is 2.26. The number of nitrogens with one attached hydrogen (secondary N) is 1. The number of cyclic esters (lactones) is 1. The molecule has 6 nitrogen and oxygen atoms in total. The molecule has 0 aromatic heterocycles. The average molecular weight is 388 g/mol. The number of benzene rings is 3. The van der Waals surface area contributed by atoms with Gasteiger partial charge in [-0.25, -0.2) is 4.79 Å². The summed E-state index contributed by atoms with van der Waals surface area (Å²) in [4.78, 5) is 26.4. The first kappa shape index (κ1) is 18.6. The Bertz CT molecular complexity index is 1060. The van der Waals surface area contributed by atoms with Crippen molar-refractivity contribution < 1.29 is 19.1 Å². The van der Waals surface area contributed by atoms with Crippen LogP contribution in [0.3, 0.4) is 0 Å². The zero-order valence-electron chi connectivity index (χ0n) is 15.9. The number of amides is 2. The number of anilines is 2. The predicted molar refractivity (Wildman–Crippen MR) is 112 cm³/mol. The first-order valence-corrected chi connectivity index (χ1v) is 9.25. The van der Waals surface area contributed by atoms with Crippen LogP contribution >= 0.6 is 0 Å². The van der Waals surface area contributed by atoms with E-state index in [1.165, 1.54) is 4.90 Å². The van der Waals surface area contributed by atoms with Gasteiger partial charge in [0.15, 0.2) is 0 Å². The van der Waals surface area contributed by atoms with Crippen LogP contribution in [0.15, 0.2) is 72.8 Å². The van der Waals surface area contributed by atoms with Crippen molar-refractivity contribution in [3.8, 4) is 16.9 Å². The van der Waals surface area contributed by atoms with Crippen molar-refractivity contribution in [2.24, 2.45) is 0 Å². The largest absolute Gasteiger partial charge is 0.496 e. The molecule has 29 heavy (non-hydrogen) atoms. The van der Waals surface area contributed by atoms with E-state index in [1.807, 2.05) is 54.6 Å². The summed E-state index contributed by atoms with van der Waals surface area (Å²) in [7, 11) is 1.62. The van der Waals surface area contributed by atoms with Gasteiger partial charge in [-0.05, 0) is 35.9 Å². The van der Waals surface area contributed by atoms with Crippen LogP contribution in [0.25, 0.3) is 11.1 Å². The van der Waals surface area contributed by atoms with Crippen molar-refractivity contribution in [3.63, 3.8) is 0 Å². The maximum Gasteiger partial charge on any atom is 0.414 e. The van der Waals surface area contributed by atoms with Crippen LogP contribution in [0.5, 0.6) is 5.75 Å². The molecule has 1 N–H and O–H groups in total. The summed E-state index contributed by atoms with van der Waals surface area (Å²) >= 11 is 0. The number of ether oxygens (including phenoxy) is 2. The quantitative estimate of drug-likeness (QED) is 0.695. The standard InChI is InChI=1S/C23H20N2O4/c1-28-21-12-5-2-9-18(21)16-7-6-8-17(15-16)22(26)24-19-10-3-4-11-20(19)25-13-14-29-23(25)27/h2-12,15H,13-14H2,1H3,(H,24,26). The molecule has 0 unspecified atom stereocenters. The lowest BCUT2D eigenvalue weighted by molar-refractivity contribution is 0.102. The van der Waals surface area contributed by atoms with Crippen LogP contribution in [0, 0.1) is 0 Å². The van der Waals surface area contributed by atoms with E-state index < -0.39 is 6.09 Å². The second kappa shape index (κ2) is 8.06. The summed E-state index contributed by atoms with van der Waals surface area (Å²) in [5.74, 6) is 0.477. The van der Waals surface area contributed by atoms with E-state index in [-0.39, 0.29) is 5.91 Å². The highest BCUT2D eigenvalue weighted by molar-refractivity contribution is 6.08. The molecule has 0 bridgehead atoms. The Labute approximate surface area is 168 Å². The van der Waals surface area contributed by atoms with Crippen LogP contribution in [-0.2, 0) is 4.74 Å². The molecule has 6 heteroatoms. The van der Waals surface area contributed by atoms with Crippen molar-refractivity contribution >= 4 is 23.4 Å². The van der Waals surface area contributed by atoms with Gasteiger partial charge >= 0.3 is 6.09 Å². The van der Waals surface area contributed by atoms with E-state index in [2.05, 4.69) is 5.32 Å². The summed E-state index contributed by atoms with van der Waals surface area (Å²) in [5.41, 5.74) is 3.46. The molecule has 0 spiro atoms. The second-order valence-corrected chi connectivity index (χ2v) is 6.52. The fourth-order valence-electron chi connectivity index (χ4n) is 3.33. The SMILES string of the molecule is COc1ccccc1-c1cccc(C(=O)Nc2ccccc2N2CCOC2=O)c1. The van der Waals surface area contributed by atoms with Crippen LogP contribution in [0.2, 0.25) is 0 Å². The lowest BCUT2D eigenvalue weighted by Crippen LogP contribution is -2.25. The van der Waals surface area contributed by atoms with Crippen LogP contribution < -0.4 is 15.0 Å². The summed E-state index contributed by atoms with van der Waals surface area (Å²) in [6, 6.07) is 22.2. The van der Waals surface area contributed by atoms with Gasteiger partial charge in [-0.2, -0.15) is 0 Å². The van der Waals surface area contributed by atoms with Crippen molar-refractivity contribution in [1.82, 2.24) is 0 Å². The highest BCUT2D eigenvalue weighted by atomic mass is 16.6. The molecule has 1 saturated heterocycles. The molecular formula is C23H20N2O4. The monoisotopic (exact) mass is 388 g/mol. The molecule has 1 fully saturated rings. The Hall–Kier alpha value is -3.80. The molecule has 2 amide bonds. The molecule has 3 aromatic carbocycles. The Morgan fingerprint density at radius 3 is 2.62 bits per heavy atom. The fourth-order valence-corrected chi connectivity index (χ4v) is 3.33. The van der Waals surface area contributed by atoms with E-state index in [0.717, 1.165) is 16.9 Å². The summed E-state index contributed by atoms with van der Waals surface area (Å²) < 4.78 is 10.4. The van der Waals surface area contributed by atoms with Gasteiger partial charge < -0.3 is 14.8 Å². The van der Waals surface area contributed by atoms with Crippen LogP contribution in [-0.4, -0.2) is 32.3 Å². The minimum atomic E-state index is -0.412. The molecule has 1 aliphatic rings. The molecule has 0 aliphatic carbocycles. The van der Waals surface area contributed by atoms with Gasteiger partial charge in [0.25, 0.3) is 5.91 Å². The minimum absolute atomic E-state index is 0.262. The number of para-hydroxylation sites is 3. The predicted octanol–water partition coefficient (Wildman–Crippen LogP) is 4.57. The van der Waals surface area contributed by atoms with E-state index in [1.54, 1.807) is 25.3 Å². The normalized spacial score (nSPS) is 13.1. The van der Waals surface area contributed by atoms with E-state index in [4.69, 9.17) is 9.47 Å². The number of carbonyl (C=O) groups excluding carboxylic acids is 2. The molecule has 0 atom stereocenters. The lowest BCUT2D eigenvalue weighted by Gasteiger charge is -2.18. The van der Waals surface area contributed by atoms with Gasteiger partial charge in [0.2, 0.25) is 0 Å². The van der Waals surface area contributed by atoms with Crippen molar-refractivity contribution in [1.29, 1.82) is 0 Å². The molecule has 146 valence electrons. The fraction of sp³-hybridized carbons (Fsp3) is 0.130. The molecule has 1 heterocycles. The van der Waals surface area contributed by atoms with Gasteiger partial charge in [0, 0.05) is 11.1 Å². The second-order valence-electron chi connectivity index (χ2n) is 6.52. The van der Waals surface area contributed by atoms with Gasteiger partial charge in [-0.1, -0.05) is 42.5 Å². The zero-order valence-corrected chi connectivity index (χ0v) is 15.9. The van der Waals surface area contributed by atoms with Gasteiger partial charge in [-0.15, -0.1) is 0 Å². The Balaban J connectivity index is 1.61. The van der Waals surface area contributed by atoms with Gasteiger partial charge in [0.05, 0.1) is 25.0 Å². The summed E-state index contributed by atoms with van der Waals surface area (Å²) in [6.07, 6.45) is -0.412. The number of hydrogen-bond donors (Lipinski definition) is 1. The summed E-state index contributed by atoms with van der Waals surface area (Å²) in [6.45, 7) is 0.789. The third-order valence-electron chi connectivity index (χ3n) is 4.75. The molecule has 0 saturated carbocycles. The Kier molecular flexibility index (Phi) is 5.16. The number of hydrogen-bond acceptors (Lipinski definition) is 4. The van der Waals surface area contributed by atoms with Gasteiger partial charge in [-0.3, -0.25) is 9.69 Å². The van der Waals surface area contributed by atoms with Crippen molar-refractivity contribution in [2.75, 3.05) is 30.5 Å². The number of carbonyl (C=O) groups is 2. The summed E-state index contributed by atoms with van der Waals surface area (Å²) in [5, 5.41) is 2.91. The third-order valence-corrected chi connectivity index (χ3v) is 4.75. The first-order chi connectivity index (χ1) is 14.2. The molecular weight excluding hydrogens is 368 g/mol. The van der Waals surface area contributed by atoms with E-state index in [0.29, 0.717) is 30.1 Å². The topological polar surface area (TPSA) is 67.9 Å². The van der Waals surface area contributed by atoms with Crippen molar-refractivity contribution in [3.05, 3.63) is 78.4 Å². The van der Waals surface area contributed by atoms with Crippen molar-refractivity contribution in [2.45, 2.75) is 0 Å². The minimum Gasteiger partial charge on any atom is -0.496 e. The lowest BCUT2D eigenvalue weighted by atomic mass is 10.0. The van der Waals surface area contributed by atoms with Crippen LogP contribution in [0.1, 0.15) is 10.4 Å². The number of methoxy groups -OCH3 is 1. The smallest absolute Gasteiger partial charge is 0.414 e. The average Bonchev–Trinajstić information content (AvgIpc) is 3.20. The number of rotatable bonds is 5. The third kappa shape index (κ3) is 3.78. The Morgan fingerprint density at radius 2 is 1.83 bits per heavy atom. The molecule has 4 rings (SSSR count). The first-order valence-electron chi connectivity index (χ1n) is 9.25. The maximum atomic E-state index is 12.9. The number of nitrogens with zero attached hydrogens (tertiary/aromatic N) is 1. The molecule has 1 aliphatic heterocycles. The maximum absolute atomic E-state index is 12.9. The zero-order chi connectivity index (χ0) is 20.2. The highest BCUT2D eigenvalue weighted by Crippen LogP contribution is 2.31. The van der Waals surface area contributed by atoms with E-state index >= 15 is 0 Å². The van der Waals surface area contributed by atoms with Crippen LogP contribution in [0.4, 0.5) is 16.2 Å². The molecule has 0 radical (unpaired) electrons. The Morgan fingerprint density at radius 1 is 1.03 bits per heavy atom. The molecule has 3 aromatic rings. The van der Waals surface area contributed by atoms with E-state index in [9.17, 15) is 9.59 Å².